The van der Waals surface area contributed by atoms with Crippen molar-refractivity contribution in [3.05, 3.63) is 53.9 Å². The number of aromatic nitrogens is 2. The van der Waals surface area contributed by atoms with Crippen molar-refractivity contribution < 1.29 is 13.2 Å². The molecule has 0 saturated heterocycles. The normalized spacial score (nSPS) is 13.6. The van der Waals surface area contributed by atoms with Crippen molar-refractivity contribution in [3.8, 4) is 0 Å². The van der Waals surface area contributed by atoms with Gasteiger partial charge in [-0.25, -0.2) is 0 Å². The van der Waals surface area contributed by atoms with Gasteiger partial charge in [-0.15, -0.1) is 0 Å². The molecule has 0 fully saturated rings. The van der Waals surface area contributed by atoms with E-state index in [1.807, 2.05) is 37.3 Å². The van der Waals surface area contributed by atoms with Crippen LogP contribution >= 0.6 is 0 Å². The van der Waals surface area contributed by atoms with E-state index in [0.29, 0.717) is 0 Å². The van der Waals surface area contributed by atoms with Gasteiger partial charge in [0.1, 0.15) is 0 Å². The smallest absolute Gasteiger partial charge is 0.265 e. The Hall–Kier alpha value is -1.78. The van der Waals surface area contributed by atoms with E-state index in [1.54, 1.807) is 0 Å². The molecule has 1 heterocycles. The van der Waals surface area contributed by atoms with Crippen LogP contribution in [0.4, 0.5) is 13.2 Å². The summed E-state index contributed by atoms with van der Waals surface area (Å²) in [5.41, 5.74) is 0.0598. The predicted molar refractivity (Wildman–Crippen MR) is 57.5 cm³/mol. The van der Waals surface area contributed by atoms with Crippen LogP contribution in [0.2, 0.25) is 0 Å². The predicted octanol–water partition coefficient (Wildman–Crippen LogP) is 3.51. The Morgan fingerprint density at radius 2 is 1.76 bits per heavy atom. The Morgan fingerprint density at radius 3 is 2.29 bits per heavy atom. The third kappa shape index (κ3) is 2.49. The number of alkyl halides is 3. The first-order valence-corrected chi connectivity index (χ1v) is 5.16. The Balaban J connectivity index is 2.27. The summed E-state index contributed by atoms with van der Waals surface area (Å²) in [4.78, 5) is 0. The molecule has 0 aliphatic heterocycles. The molecule has 1 unspecified atom stereocenters. The van der Waals surface area contributed by atoms with Crippen LogP contribution in [0, 0.1) is 0 Å². The van der Waals surface area contributed by atoms with Gasteiger partial charge in [-0.2, -0.15) is 18.3 Å². The molecule has 0 spiro atoms. The van der Waals surface area contributed by atoms with Crippen LogP contribution in [-0.2, 0) is 6.18 Å². The lowest BCUT2D eigenvalue weighted by molar-refractivity contribution is -0.141. The number of hydrogen-bond acceptors (Lipinski definition) is 1. The van der Waals surface area contributed by atoms with Crippen LogP contribution in [0.3, 0.4) is 0 Å². The van der Waals surface area contributed by atoms with Gasteiger partial charge >= 0.3 is 6.18 Å². The molecule has 90 valence electrons. The molecule has 0 radical (unpaired) electrons. The summed E-state index contributed by atoms with van der Waals surface area (Å²) in [7, 11) is 0. The fraction of sp³-hybridized carbons (Fsp3) is 0.250. The van der Waals surface area contributed by atoms with E-state index in [0.717, 1.165) is 11.6 Å². The summed E-state index contributed by atoms with van der Waals surface area (Å²) in [6.07, 6.45) is -3.04. The molecule has 0 bridgehead atoms. The van der Waals surface area contributed by atoms with Crippen molar-refractivity contribution in [1.82, 2.24) is 9.78 Å². The average Bonchev–Trinajstić information content (AvgIpc) is 2.78. The van der Waals surface area contributed by atoms with Gasteiger partial charge in [0.25, 0.3) is 0 Å². The molecule has 0 saturated carbocycles. The van der Waals surface area contributed by atoms with E-state index in [4.69, 9.17) is 0 Å². The van der Waals surface area contributed by atoms with Crippen molar-refractivity contribution in [3.63, 3.8) is 0 Å². The highest BCUT2D eigenvalue weighted by molar-refractivity contribution is 5.19. The van der Waals surface area contributed by atoms with Crippen LogP contribution in [-0.4, -0.2) is 9.78 Å². The fourth-order valence-corrected chi connectivity index (χ4v) is 1.59. The Bertz CT molecular complexity index is 488. The van der Waals surface area contributed by atoms with Crippen molar-refractivity contribution in [2.75, 3.05) is 0 Å². The summed E-state index contributed by atoms with van der Waals surface area (Å²) in [5.74, 6) is 0. The molecule has 2 rings (SSSR count). The lowest BCUT2D eigenvalue weighted by Gasteiger charge is -2.12. The second-order valence-electron chi connectivity index (χ2n) is 3.77. The summed E-state index contributed by atoms with van der Waals surface area (Å²) in [6.45, 7) is 1.81. The maximum Gasteiger partial charge on any atom is 0.435 e. The van der Waals surface area contributed by atoms with Crippen LogP contribution in [0.15, 0.2) is 42.6 Å². The SMILES string of the molecule is CC(c1ccccc1)n1ccc(C(F)(F)F)n1. The largest absolute Gasteiger partial charge is 0.435 e. The maximum absolute atomic E-state index is 12.4. The molecule has 0 aliphatic carbocycles. The van der Waals surface area contributed by atoms with Crippen molar-refractivity contribution >= 4 is 0 Å². The number of hydrogen-bond donors (Lipinski definition) is 0. The van der Waals surface area contributed by atoms with Crippen molar-refractivity contribution in [1.29, 1.82) is 0 Å². The van der Waals surface area contributed by atoms with Gasteiger partial charge < -0.3 is 0 Å². The van der Waals surface area contributed by atoms with E-state index >= 15 is 0 Å². The standard InChI is InChI=1S/C12H11F3N2/c1-9(10-5-3-2-4-6-10)17-8-7-11(16-17)12(13,14)15/h2-9H,1H3. The first kappa shape index (κ1) is 11.7. The number of nitrogens with zero attached hydrogens (tertiary/aromatic N) is 2. The molecule has 1 atom stereocenters. The Morgan fingerprint density at radius 1 is 1.12 bits per heavy atom. The van der Waals surface area contributed by atoms with Crippen LogP contribution in [0.5, 0.6) is 0 Å². The topological polar surface area (TPSA) is 17.8 Å². The molecule has 1 aromatic carbocycles. The number of benzene rings is 1. The zero-order valence-corrected chi connectivity index (χ0v) is 9.15. The molecule has 0 N–H and O–H groups in total. The average molecular weight is 240 g/mol. The lowest BCUT2D eigenvalue weighted by atomic mass is 10.1. The van der Waals surface area contributed by atoms with Gasteiger partial charge in [0.05, 0.1) is 6.04 Å². The van der Waals surface area contributed by atoms with Crippen LogP contribution in [0.1, 0.15) is 24.2 Å². The molecule has 0 aliphatic rings. The summed E-state index contributed by atoms with van der Waals surface area (Å²) in [5, 5.41) is 3.55. The molecular formula is C12H11F3N2. The van der Waals surface area contributed by atoms with Gasteiger partial charge in [0.15, 0.2) is 5.69 Å². The van der Waals surface area contributed by atoms with E-state index < -0.39 is 11.9 Å². The summed E-state index contributed by atoms with van der Waals surface area (Å²) < 4.78 is 38.5. The highest BCUT2D eigenvalue weighted by atomic mass is 19.4. The first-order valence-electron chi connectivity index (χ1n) is 5.16. The Labute approximate surface area is 96.7 Å². The van der Waals surface area contributed by atoms with E-state index in [2.05, 4.69) is 5.10 Å². The first-order chi connectivity index (χ1) is 7.98. The van der Waals surface area contributed by atoms with Crippen molar-refractivity contribution in [2.45, 2.75) is 19.1 Å². The van der Waals surface area contributed by atoms with Gasteiger partial charge in [0.2, 0.25) is 0 Å². The molecule has 0 amide bonds. The van der Waals surface area contributed by atoms with Crippen LogP contribution in [0.25, 0.3) is 0 Å². The Kier molecular flexibility index (Phi) is 2.92. The minimum absolute atomic E-state index is 0.215. The van der Waals surface area contributed by atoms with Gasteiger partial charge in [-0.05, 0) is 18.6 Å². The lowest BCUT2D eigenvalue weighted by Crippen LogP contribution is -2.11. The minimum Gasteiger partial charge on any atom is -0.265 e. The zero-order chi connectivity index (χ0) is 12.5. The second kappa shape index (κ2) is 4.24. The van der Waals surface area contributed by atoms with E-state index in [-0.39, 0.29) is 6.04 Å². The molecule has 5 heteroatoms. The highest BCUT2D eigenvalue weighted by Gasteiger charge is 2.33. The monoisotopic (exact) mass is 240 g/mol. The molecule has 2 nitrogen and oxygen atoms in total. The van der Waals surface area contributed by atoms with E-state index in [1.165, 1.54) is 10.9 Å². The van der Waals surface area contributed by atoms with Crippen LogP contribution < -0.4 is 0 Å². The van der Waals surface area contributed by atoms with Gasteiger partial charge in [0, 0.05) is 6.20 Å². The minimum atomic E-state index is -4.39. The third-order valence-corrected chi connectivity index (χ3v) is 2.58. The highest BCUT2D eigenvalue weighted by Crippen LogP contribution is 2.28. The summed E-state index contributed by atoms with van der Waals surface area (Å²) >= 11 is 0. The molecular weight excluding hydrogens is 229 g/mol. The number of rotatable bonds is 2. The van der Waals surface area contributed by atoms with Gasteiger partial charge in [-0.3, -0.25) is 4.68 Å². The fourth-order valence-electron chi connectivity index (χ4n) is 1.59. The zero-order valence-electron chi connectivity index (χ0n) is 9.15. The van der Waals surface area contributed by atoms with E-state index in [9.17, 15) is 13.2 Å². The number of halogens is 3. The summed E-state index contributed by atoms with van der Waals surface area (Å²) in [6, 6.07) is 10.0. The molecule has 17 heavy (non-hydrogen) atoms. The van der Waals surface area contributed by atoms with Crippen molar-refractivity contribution in [2.24, 2.45) is 0 Å². The van der Waals surface area contributed by atoms with Gasteiger partial charge in [-0.1, -0.05) is 30.3 Å². The second-order valence-corrected chi connectivity index (χ2v) is 3.77. The molecule has 1 aromatic heterocycles. The third-order valence-electron chi connectivity index (χ3n) is 2.58. The maximum atomic E-state index is 12.4. The quantitative estimate of drug-likeness (QED) is 0.785. The molecule has 2 aromatic rings.